The number of rotatable bonds is 6. The smallest absolute Gasteiger partial charge is 0.254 e. The molecule has 8 nitrogen and oxygen atoms in total. The van der Waals surface area contributed by atoms with E-state index in [-0.39, 0.29) is 23.1 Å². The highest BCUT2D eigenvalue weighted by atomic mass is 16.5. The van der Waals surface area contributed by atoms with Crippen molar-refractivity contribution in [1.29, 1.82) is 0 Å². The number of nitrogens with one attached hydrogen (secondary N) is 1. The van der Waals surface area contributed by atoms with Crippen LogP contribution in [0, 0.1) is 5.92 Å². The lowest BCUT2D eigenvalue weighted by molar-refractivity contribution is -0.153. The van der Waals surface area contributed by atoms with Crippen LogP contribution in [0.2, 0.25) is 0 Å². The topological polar surface area (TPSA) is 115 Å². The van der Waals surface area contributed by atoms with Crippen LogP contribution in [0.3, 0.4) is 0 Å². The van der Waals surface area contributed by atoms with Crippen LogP contribution in [0.1, 0.15) is 44.2 Å². The third-order valence-electron chi connectivity index (χ3n) is 9.88. The number of pyridine rings is 1. The summed E-state index contributed by atoms with van der Waals surface area (Å²) in [4.78, 5) is 20.1. The minimum Gasteiger partial charge on any atom is -0.508 e. The summed E-state index contributed by atoms with van der Waals surface area (Å²) in [5, 5.41) is 37.9. The molecule has 1 saturated carbocycles. The molecule has 0 radical (unpaired) electrons. The zero-order valence-electron chi connectivity index (χ0n) is 23.3. The highest BCUT2D eigenvalue weighted by Gasteiger charge is 2.69. The number of phenolic OH excluding ortho intramolecular Hbond substituents is 1. The molecule has 4 N–H and O–H groups in total. The molecule has 3 heterocycles. The predicted molar refractivity (Wildman–Crippen MR) is 155 cm³/mol. The van der Waals surface area contributed by atoms with Crippen LogP contribution in [0.15, 0.2) is 72.3 Å². The van der Waals surface area contributed by atoms with E-state index in [2.05, 4.69) is 15.2 Å². The lowest BCUT2D eigenvalue weighted by Gasteiger charge is -2.59. The van der Waals surface area contributed by atoms with Crippen LogP contribution in [-0.4, -0.2) is 61.9 Å². The zero-order chi connectivity index (χ0) is 28.5. The number of hydrogen-bond acceptors (Lipinski definition) is 7. The number of anilines is 1. The largest absolute Gasteiger partial charge is 0.508 e. The number of benzene rings is 2. The van der Waals surface area contributed by atoms with Crippen molar-refractivity contribution in [2.75, 3.05) is 18.4 Å². The second-order valence-corrected chi connectivity index (χ2v) is 12.2. The van der Waals surface area contributed by atoms with Crippen LogP contribution < -0.4 is 10.1 Å². The van der Waals surface area contributed by atoms with Gasteiger partial charge >= 0.3 is 0 Å². The molecule has 41 heavy (non-hydrogen) atoms. The van der Waals surface area contributed by atoms with Gasteiger partial charge in [0.1, 0.15) is 5.76 Å². The van der Waals surface area contributed by atoms with Crippen molar-refractivity contribution in [3.63, 3.8) is 0 Å². The molecule has 212 valence electrons. The molecule has 2 aromatic carbocycles. The first-order valence-corrected chi connectivity index (χ1v) is 14.4. The minimum absolute atomic E-state index is 0.0264. The van der Waals surface area contributed by atoms with E-state index in [1.807, 2.05) is 49.4 Å². The number of aromatic hydroxyl groups is 1. The fraction of sp³-hybridized carbons (Fsp3) is 0.394. The number of amides is 1. The van der Waals surface area contributed by atoms with Crippen molar-refractivity contribution < 1.29 is 24.9 Å². The first-order valence-electron chi connectivity index (χ1n) is 14.4. The summed E-state index contributed by atoms with van der Waals surface area (Å²) in [6, 6.07) is 14.6. The Bertz CT molecular complexity index is 1560. The van der Waals surface area contributed by atoms with Gasteiger partial charge in [-0.15, -0.1) is 0 Å². The number of carbonyl (C=O) groups excluding carboxylic acids is 1. The number of para-hydroxylation sites is 1. The molecular formula is C33H35N3O5. The summed E-state index contributed by atoms with van der Waals surface area (Å²) < 4.78 is 6.36. The van der Waals surface area contributed by atoms with Gasteiger partial charge in [-0.1, -0.05) is 24.3 Å². The Balaban J connectivity index is 1.27. The summed E-state index contributed by atoms with van der Waals surface area (Å²) in [5.41, 5.74) is 1.92. The van der Waals surface area contributed by atoms with Crippen molar-refractivity contribution >= 4 is 11.6 Å². The molecule has 1 saturated heterocycles. The number of ether oxygens (including phenoxy) is 1. The molecular weight excluding hydrogens is 518 g/mol. The molecule has 0 unspecified atom stereocenters. The molecule has 4 aliphatic rings. The average Bonchev–Trinajstić information content (AvgIpc) is 3.71. The van der Waals surface area contributed by atoms with Crippen LogP contribution in [0.5, 0.6) is 11.5 Å². The molecule has 2 aliphatic heterocycles. The first kappa shape index (κ1) is 26.0. The Morgan fingerprint density at radius 1 is 1.15 bits per heavy atom. The van der Waals surface area contributed by atoms with Crippen molar-refractivity contribution in [1.82, 2.24) is 9.88 Å². The van der Waals surface area contributed by atoms with Crippen LogP contribution in [0.4, 0.5) is 5.69 Å². The van der Waals surface area contributed by atoms with Crippen molar-refractivity contribution in [3.05, 3.63) is 83.4 Å². The second-order valence-electron chi connectivity index (χ2n) is 12.2. The first-order chi connectivity index (χ1) is 19.7. The lowest BCUT2D eigenvalue weighted by Crippen LogP contribution is -2.73. The summed E-state index contributed by atoms with van der Waals surface area (Å²) in [7, 11) is 0. The number of aliphatic hydroxyl groups excluding tert-OH is 1. The molecule has 2 aliphatic carbocycles. The summed E-state index contributed by atoms with van der Waals surface area (Å²) in [6.07, 6.45) is 5.98. The van der Waals surface area contributed by atoms with E-state index >= 15 is 0 Å². The maximum absolute atomic E-state index is 13.6. The maximum Gasteiger partial charge on any atom is 0.254 e. The number of piperidine rings is 1. The summed E-state index contributed by atoms with van der Waals surface area (Å²) >= 11 is 0. The van der Waals surface area contributed by atoms with Gasteiger partial charge in [0.25, 0.3) is 5.91 Å². The molecule has 7 rings (SSSR count). The minimum atomic E-state index is -1.27. The predicted octanol–water partition coefficient (Wildman–Crippen LogP) is 4.72. The van der Waals surface area contributed by atoms with Gasteiger partial charge < -0.3 is 25.4 Å². The molecule has 1 amide bonds. The Kier molecular flexibility index (Phi) is 5.92. The van der Waals surface area contributed by atoms with Gasteiger partial charge in [0.15, 0.2) is 17.6 Å². The van der Waals surface area contributed by atoms with Crippen LogP contribution >= 0.6 is 0 Å². The molecule has 8 heteroatoms. The molecule has 1 spiro atoms. The van der Waals surface area contributed by atoms with E-state index in [1.54, 1.807) is 25.4 Å². The van der Waals surface area contributed by atoms with Gasteiger partial charge in [0.2, 0.25) is 0 Å². The van der Waals surface area contributed by atoms with Gasteiger partial charge in [-0.3, -0.25) is 14.7 Å². The van der Waals surface area contributed by atoms with Gasteiger partial charge in [-0.05, 0) is 87.4 Å². The summed E-state index contributed by atoms with van der Waals surface area (Å²) in [6.45, 7) is 5.09. The van der Waals surface area contributed by atoms with E-state index in [9.17, 15) is 20.1 Å². The molecule has 2 fully saturated rings. The fourth-order valence-electron chi connectivity index (χ4n) is 7.48. The SMILES string of the molecule is C/C(C(=O)Nc1ccccc1-c1ccncc1)=C(/O)[C@@H]1Oc2c(O)ccc3c2[C@@]12CCN(CC1CC1)[C@H](C3)[C@@]2(C)O. The average molecular weight is 554 g/mol. The zero-order valence-corrected chi connectivity index (χ0v) is 23.3. The van der Waals surface area contributed by atoms with Crippen molar-refractivity contribution in [2.24, 2.45) is 5.92 Å². The van der Waals surface area contributed by atoms with Gasteiger partial charge in [-0.2, -0.15) is 0 Å². The fourth-order valence-corrected chi connectivity index (χ4v) is 7.48. The maximum atomic E-state index is 13.6. The molecule has 2 bridgehead atoms. The second kappa shape index (κ2) is 9.33. The highest BCUT2D eigenvalue weighted by molar-refractivity contribution is 6.05. The molecule has 1 aromatic heterocycles. The van der Waals surface area contributed by atoms with Gasteiger partial charge in [0, 0.05) is 41.8 Å². The van der Waals surface area contributed by atoms with Crippen LogP contribution in [0.25, 0.3) is 11.1 Å². The number of nitrogens with zero attached hydrogens (tertiary/aromatic N) is 2. The Hall–Kier alpha value is -3.88. The number of aliphatic hydroxyl groups is 2. The quantitative estimate of drug-likeness (QED) is 0.258. The van der Waals surface area contributed by atoms with Crippen molar-refractivity contribution in [2.45, 2.75) is 62.7 Å². The van der Waals surface area contributed by atoms with Gasteiger partial charge in [0.05, 0.1) is 16.6 Å². The Labute approximate surface area is 239 Å². The molecule has 3 aromatic rings. The highest BCUT2D eigenvalue weighted by Crippen LogP contribution is 2.63. The number of phenols is 1. The number of likely N-dealkylation sites (tertiary alicyclic amines) is 1. The van der Waals surface area contributed by atoms with E-state index in [4.69, 9.17) is 4.74 Å². The van der Waals surface area contributed by atoms with Gasteiger partial charge in [-0.25, -0.2) is 0 Å². The van der Waals surface area contributed by atoms with E-state index < -0.39 is 23.0 Å². The van der Waals surface area contributed by atoms with E-state index in [0.717, 1.165) is 35.3 Å². The third-order valence-corrected chi connectivity index (χ3v) is 9.88. The number of carbonyl (C=O) groups is 1. The number of hydrogen-bond donors (Lipinski definition) is 4. The normalized spacial score (nSPS) is 28.9. The van der Waals surface area contributed by atoms with E-state index in [1.165, 1.54) is 12.8 Å². The third kappa shape index (κ3) is 3.88. The monoisotopic (exact) mass is 553 g/mol. The van der Waals surface area contributed by atoms with Crippen molar-refractivity contribution in [3.8, 4) is 22.6 Å². The Morgan fingerprint density at radius 3 is 2.66 bits per heavy atom. The standard InChI is InChI=1S/C33H35N3O5/c1-19(31(39)35-24-6-4-3-5-23(24)21-11-14-34-15-12-21)28(38)30-33-13-16-36(18-20-7-8-20)26(32(33,2)40)17-22-9-10-25(37)29(41-30)27(22)33/h3-6,9-12,14-15,20,26,30,37-38,40H,7-8,13,16-18H2,1-2H3,(H,35,39)/b28-19-/t26-,30+,32-,33+/m1/s1. The summed E-state index contributed by atoms with van der Waals surface area (Å²) in [5.74, 6) is 0.234. The lowest BCUT2D eigenvalue weighted by atomic mass is 9.53. The Morgan fingerprint density at radius 2 is 1.90 bits per heavy atom. The number of fused-ring (bicyclic) bond motifs is 1. The van der Waals surface area contributed by atoms with E-state index in [0.29, 0.717) is 30.2 Å². The number of aromatic nitrogens is 1. The van der Waals surface area contributed by atoms with Crippen LogP contribution in [-0.2, 0) is 16.6 Å². The molecule has 4 atom stereocenters.